The lowest BCUT2D eigenvalue weighted by Crippen LogP contribution is -2.36. The van der Waals surface area contributed by atoms with Crippen LogP contribution in [-0.2, 0) is 14.8 Å². The summed E-state index contributed by atoms with van der Waals surface area (Å²) in [4.78, 5) is 11.6. The molecule has 3 N–H and O–H groups in total. The molecule has 7 heteroatoms. The number of hydrogen-bond acceptors (Lipinski definition) is 5. The van der Waals surface area contributed by atoms with Crippen molar-refractivity contribution in [2.75, 3.05) is 12.8 Å². The Labute approximate surface area is 124 Å². The first kappa shape index (κ1) is 15.5. The number of carbonyl (C=O) groups excluding carboxylic acids is 1. The Morgan fingerprint density at radius 3 is 2.76 bits per heavy atom. The van der Waals surface area contributed by atoms with E-state index in [2.05, 4.69) is 9.46 Å². The number of nitrogens with two attached hydrogens (primary N) is 1. The second-order valence-corrected chi connectivity index (χ2v) is 6.53. The van der Waals surface area contributed by atoms with Crippen molar-refractivity contribution in [3.8, 4) is 0 Å². The van der Waals surface area contributed by atoms with Gasteiger partial charge in [0.05, 0.1) is 17.6 Å². The van der Waals surface area contributed by atoms with Crippen LogP contribution in [0.4, 0.5) is 5.69 Å². The lowest BCUT2D eigenvalue weighted by Gasteiger charge is -2.20. The molecule has 0 radical (unpaired) electrons. The molecule has 0 saturated carbocycles. The fourth-order valence-electron chi connectivity index (χ4n) is 2.23. The van der Waals surface area contributed by atoms with Crippen LogP contribution in [0.15, 0.2) is 35.2 Å². The molecule has 0 saturated heterocycles. The van der Waals surface area contributed by atoms with Crippen molar-refractivity contribution in [3.63, 3.8) is 0 Å². The van der Waals surface area contributed by atoms with E-state index in [9.17, 15) is 13.2 Å². The first-order valence-electron chi connectivity index (χ1n) is 6.59. The van der Waals surface area contributed by atoms with Gasteiger partial charge in [-0.25, -0.2) is 17.9 Å². The highest BCUT2D eigenvalue weighted by molar-refractivity contribution is 7.89. The summed E-state index contributed by atoms with van der Waals surface area (Å²) in [6.45, 7) is 0. The van der Waals surface area contributed by atoms with Gasteiger partial charge in [0.1, 0.15) is 0 Å². The summed E-state index contributed by atoms with van der Waals surface area (Å²) >= 11 is 0. The van der Waals surface area contributed by atoms with Gasteiger partial charge in [-0.3, -0.25) is 0 Å². The molecule has 6 nitrogen and oxygen atoms in total. The average molecular weight is 310 g/mol. The van der Waals surface area contributed by atoms with Crippen molar-refractivity contribution in [2.24, 2.45) is 0 Å². The fraction of sp³-hybridized carbons (Fsp3) is 0.357. The predicted octanol–water partition coefficient (Wildman–Crippen LogP) is 1.44. The van der Waals surface area contributed by atoms with Gasteiger partial charge >= 0.3 is 5.97 Å². The number of carbonyl (C=O) groups is 1. The smallest absolute Gasteiger partial charge is 0.339 e. The molecule has 1 aliphatic carbocycles. The van der Waals surface area contributed by atoms with Crippen LogP contribution in [0.25, 0.3) is 0 Å². The Bertz CT molecular complexity index is 668. The van der Waals surface area contributed by atoms with Gasteiger partial charge in [0.25, 0.3) is 0 Å². The number of anilines is 1. The topological polar surface area (TPSA) is 98.5 Å². The first-order valence-corrected chi connectivity index (χ1v) is 8.07. The molecule has 0 fully saturated rings. The number of sulfonamides is 1. The van der Waals surface area contributed by atoms with Gasteiger partial charge in [-0.15, -0.1) is 0 Å². The minimum Gasteiger partial charge on any atom is -0.465 e. The molecule has 1 aromatic rings. The van der Waals surface area contributed by atoms with Crippen molar-refractivity contribution in [2.45, 2.75) is 30.2 Å². The molecule has 1 aliphatic rings. The summed E-state index contributed by atoms with van der Waals surface area (Å²) in [5, 5.41) is 0. The van der Waals surface area contributed by atoms with E-state index < -0.39 is 16.0 Å². The molecular weight excluding hydrogens is 292 g/mol. The molecule has 0 aromatic heterocycles. The SMILES string of the molecule is COC(=O)c1cc(N)ccc1S(=O)(=O)NC1CC=CCC1. The largest absolute Gasteiger partial charge is 0.465 e. The van der Waals surface area contributed by atoms with Crippen molar-refractivity contribution >= 4 is 21.7 Å². The third kappa shape index (κ3) is 3.62. The standard InChI is InChI=1S/C14H18N2O4S/c1-20-14(17)12-9-10(15)7-8-13(12)21(18,19)16-11-5-3-2-4-6-11/h2-3,7-9,11,16H,4-6,15H2,1H3. The first-order chi connectivity index (χ1) is 9.94. The van der Waals surface area contributed by atoms with E-state index in [1.54, 1.807) is 0 Å². The Kier molecular flexibility index (Phi) is 4.64. The molecule has 21 heavy (non-hydrogen) atoms. The second kappa shape index (κ2) is 6.28. The van der Waals surface area contributed by atoms with Gasteiger partial charge in [-0.05, 0) is 37.5 Å². The van der Waals surface area contributed by atoms with Crippen molar-refractivity contribution in [3.05, 3.63) is 35.9 Å². The molecule has 0 bridgehead atoms. The Morgan fingerprint density at radius 2 is 2.14 bits per heavy atom. The number of allylic oxidation sites excluding steroid dienone is 1. The van der Waals surface area contributed by atoms with Crippen molar-refractivity contribution in [1.82, 2.24) is 4.72 Å². The van der Waals surface area contributed by atoms with Crippen LogP contribution in [-0.4, -0.2) is 27.5 Å². The number of methoxy groups -OCH3 is 1. The van der Waals surface area contributed by atoms with Crippen LogP contribution in [0.3, 0.4) is 0 Å². The highest BCUT2D eigenvalue weighted by Gasteiger charge is 2.26. The summed E-state index contributed by atoms with van der Waals surface area (Å²) in [6.07, 6.45) is 6.17. The maximum atomic E-state index is 12.5. The number of nitrogens with one attached hydrogen (secondary N) is 1. The third-order valence-corrected chi connectivity index (χ3v) is 4.87. The lowest BCUT2D eigenvalue weighted by molar-refractivity contribution is 0.0596. The summed E-state index contributed by atoms with van der Waals surface area (Å²) < 4.78 is 32.2. The van der Waals surface area contributed by atoms with Crippen LogP contribution < -0.4 is 10.5 Å². The second-order valence-electron chi connectivity index (χ2n) is 4.85. The van der Waals surface area contributed by atoms with Gasteiger partial charge in [-0.2, -0.15) is 0 Å². The number of esters is 1. The normalized spacial score (nSPS) is 18.4. The molecule has 1 unspecified atom stereocenters. The van der Waals surface area contributed by atoms with Gasteiger partial charge in [0.2, 0.25) is 10.0 Å². The van der Waals surface area contributed by atoms with Gasteiger partial charge in [0, 0.05) is 11.7 Å². The molecule has 114 valence electrons. The summed E-state index contributed by atoms with van der Waals surface area (Å²) in [7, 11) is -2.61. The van der Waals surface area contributed by atoms with E-state index in [4.69, 9.17) is 5.73 Å². The van der Waals surface area contributed by atoms with Crippen LogP contribution in [0.1, 0.15) is 29.6 Å². The summed E-state index contributed by atoms with van der Waals surface area (Å²) in [6, 6.07) is 3.91. The Balaban J connectivity index is 2.35. The maximum Gasteiger partial charge on any atom is 0.339 e. The number of nitrogen functional groups attached to an aromatic ring is 1. The zero-order valence-electron chi connectivity index (χ0n) is 11.7. The monoisotopic (exact) mass is 310 g/mol. The molecule has 0 spiro atoms. The average Bonchev–Trinajstić information content (AvgIpc) is 2.46. The molecule has 1 aromatic carbocycles. The quantitative estimate of drug-likeness (QED) is 0.498. The van der Waals surface area contributed by atoms with Crippen LogP contribution in [0.5, 0.6) is 0 Å². The highest BCUT2D eigenvalue weighted by atomic mass is 32.2. The minimum absolute atomic E-state index is 0.0589. The number of hydrogen-bond donors (Lipinski definition) is 2. The number of ether oxygens (including phenoxy) is 1. The minimum atomic E-state index is -3.80. The van der Waals surface area contributed by atoms with E-state index in [1.165, 1.54) is 25.3 Å². The zero-order chi connectivity index (χ0) is 15.5. The van der Waals surface area contributed by atoms with Crippen LogP contribution in [0, 0.1) is 0 Å². The van der Waals surface area contributed by atoms with E-state index in [-0.39, 0.29) is 16.5 Å². The van der Waals surface area contributed by atoms with Crippen LogP contribution in [0.2, 0.25) is 0 Å². The van der Waals surface area contributed by atoms with Crippen molar-refractivity contribution < 1.29 is 17.9 Å². The maximum absolute atomic E-state index is 12.5. The Morgan fingerprint density at radius 1 is 1.38 bits per heavy atom. The van der Waals surface area contributed by atoms with Crippen LogP contribution >= 0.6 is 0 Å². The van der Waals surface area contributed by atoms with E-state index in [0.29, 0.717) is 12.1 Å². The van der Waals surface area contributed by atoms with Gasteiger partial charge < -0.3 is 10.5 Å². The summed E-state index contributed by atoms with van der Waals surface area (Å²) in [5.41, 5.74) is 5.86. The van der Waals surface area contributed by atoms with Gasteiger partial charge in [0.15, 0.2) is 0 Å². The highest BCUT2D eigenvalue weighted by Crippen LogP contribution is 2.21. The zero-order valence-corrected chi connectivity index (χ0v) is 12.5. The third-order valence-electron chi connectivity index (χ3n) is 3.29. The lowest BCUT2D eigenvalue weighted by atomic mass is 10.0. The number of benzene rings is 1. The number of rotatable bonds is 4. The summed E-state index contributed by atoms with van der Waals surface area (Å²) in [5.74, 6) is -0.730. The van der Waals surface area contributed by atoms with Crippen molar-refractivity contribution in [1.29, 1.82) is 0 Å². The molecule has 2 rings (SSSR count). The van der Waals surface area contributed by atoms with E-state index in [1.807, 2.05) is 12.2 Å². The molecular formula is C14H18N2O4S. The fourth-order valence-corrected chi connectivity index (χ4v) is 3.69. The molecule has 0 amide bonds. The predicted molar refractivity (Wildman–Crippen MR) is 79.3 cm³/mol. The molecule has 0 aliphatic heterocycles. The van der Waals surface area contributed by atoms with E-state index >= 15 is 0 Å². The molecule has 0 heterocycles. The van der Waals surface area contributed by atoms with Gasteiger partial charge in [-0.1, -0.05) is 12.2 Å². The van der Waals surface area contributed by atoms with E-state index in [0.717, 1.165) is 12.8 Å². The Hall–Kier alpha value is -1.86. The molecule has 1 atom stereocenters.